The molecule has 6 heteroatoms. The van der Waals surface area contributed by atoms with Crippen LogP contribution in [0.5, 0.6) is 0 Å². The summed E-state index contributed by atoms with van der Waals surface area (Å²) in [4.78, 5) is 26.7. The largest absolute Gasteiger partial charge is 0.306 e. The number of pyridine rings is 1. The molecule has 0 aliphatic heterocycles. The summed E-state index contributed by atoms with van der Waals surface area (Å²) in [6.45, 7) is 0. The van der Waals surface area contributed by atoms with Crippen molar-refractivity contribution in [2.24, 2.45) is 0 Å². The minimum atomic E-state index is -0.489. The second-order valence-corrected chi connectivity index (χ2v) is 5.26. The fourth-order valence-electron chi connectivity index (χ4n) is 2.68. The maximum Gasteiger partial charge on any atom is 0.269 e. The van der Waals surface area contributed by atoms with Gasteiger partial charge in [0.15, 0.2) is 0 Å². The van der Waals surface area contributed by atoms with Crippen LogP contribution in [0, 0.1) is 10.1 Å². The lowest BCUT2D eigenvalue weighted by atomic mass is 9.92. The van der Waals surface area contributed by atoms with Gasteiger partial charge in [-0.05, 0) is 55.0 Å². The smallest absolute Gasteiger partial charge is 0.269 e. The average molecular weight is 297 g/mol. The molecule has 2 aromatic rings. The van der Waals surface area contributed by atoms with Gasteiger partial charge in [-0.2, -0.15) is 0 Å². The number of anilines is 1. The zero-order chi connectivity index (χ0) is 15.5. The fourth-order valence-corrected chi connectivity index (χ4v) is 2.68. The number of hydrogen-bond donors (Lipinski definition) is 1. The number of nitro benzene ring substituents is 1. The monoisotopic (exact) mass is 297 g/mol. The van der Waals surface area contributed by atoms with E-state index in [1.165, 1.54) is 29.8 Å². The molecule has 1 N–H and O–H groups in total. The first-order chi connectivity index (χ1) is 10.6. The van der Waals surface area contributed by atoms with Crippen LogP contribution in [0.25, 0.3) is 0 Å². The van der Waals surface area contributed by atoms with Crippen LogP contribution in [0.3, 0.4) is 0 Å². The first-order valence-corrected chi connectivity index (χ1v) is 7.18. The number of amides is 1. The van der Waals surface area contributed by atoms with Gasteiger partial charge in [-0.1, -0.05) is 0 Å². The molecule has 1 aliphatic rings. The normalized spacial score (nSPS) is 13.3. The third-order valence-electron chi connectivity index (χ3n) is 3.85. The zero-order valence-electron chi connectivity index (χ0n) is 11.9. The molecule has 1 aliphatic carbocycles. The van der Waals surface area contributed by atoms with Crippen molar-refractivity contribution in [1.82, 2.24) is 4.98 Å². The Morgan fingerprint density at radius 2 is 1.86 bits per heavy atom. The van der Waals surface area contributed by atoms with Gasteiger partial charge in [-0.25, -0.2) is 4.98 Å². The SMILES string of the molecule is O=C(Nc1nccc2c1CCCC2)c1ccc([N+](=O)[O-])cc1. The summed E-state index contributed by atoms with van der Waals surface area (Å²) in [6.07, 6.45) is 5.89. The summed E-state index contributed by atoms with van der Waals surface area (Å²) in [5.41, 5.74) is 2.68. The number of hydrogen-bond acceptors (Lipinski definition) is 4. The highest BCUT2D eigenvalue weighted by molar-refractivity contribution is 6.04. The van der Waals surface area contributed by atoms with E-state index in [2.05, 4.69) is 10.3 Å². The van der Waals surface area contributed by atoms with Crippen LogP contribution >= 0.6 is 0 Å². The van der Waals surface area contributed by atoms with Crippen LogP contribution in [-0.2, 0) is 12.8 Å². The number of non-ortho nitro benzene ring substituents is 1. The Balaban J connectivity index is 1.81. The minimum Gasteiger partial charge on any atom is -0.306 e. The molecule has 6 nitrogen and oxygen atoms in total. The Hall–Kier alpha value is -2.76. The Morgan fingerprint density at radius 1 is 1.14 bits per heavy atom. The van der Waals surface area contributed by atoms with E-state index in [1.54, 1.807) is 6.20 Å². The molecule has 0 radical (unpaired) electrons. The van der Waals surface area contributed by atoms with Crippen LogP contribution in [0.15, 0.2) is 36.5 Å². The molecule has 0 unspecified atom stereocenters. The standard InChI is InChI=1S/C16H15N3O3/c20-16(12-5-7-13(8-6-12)19(21)22)18-15-14-4-2-1-3-11(14)9-10-17-15/h5-10H,1-4H2,(H,17,18,20). The number of aryl methyl sites for hydroxylation is 1. The van der Waals surface area contributed by atoms with Crippen LogP contribution in [-0.4, -0.2) is 15.8 Å². The first-order valence-electron chi connectivity index (χ1n) is 7.18. The van der Waals surface area contributed by atoms with Gasteiger partial charge < -0.3 is 5.32 Å². The Labute approximate surface area is 127 Å². The summed E-state index contributed by atoms with van der Waals surface area (Å²) >= 11 is 0. The summed E-state index contributed by atoms with van der Waals surface area (Å²) in [6, 6.07) is 7.54. The van der Waals surface area contributed by atoms with E-state index in [1.807, 2.05) is 6.07 Å². The number of nitro groups is 1. The Bertz CT molecular complexity index is 726. The van der Waals surface area contributed by atoms with Crippen molar-refractivity contribution >= 4 is 17.4 Å². The summed E-state index contributed by atoms with van der Waals surface area (Å²) in [5.74, 6) is 0.293. The van der Waals surface area contributed by atoms with Crippen LogP contribution in [0.1, 0.15) is 34.3 Å². The van der Waals surface area contributed by atoms with E-state index in [4.69, 9.17) is 0 Å². The Morgan fingerprint density at radius 3 is 2.59 bits per heavy atom. The van der Waals surface area contributed by atoms with Gasteiger partial charge in [-0.3, -0.25) is 14.9 Å². The molecular formula is C16H15N3O3. The number of nitrogens with one attached hydrogen (secondary N) is 1. The van der Waals surface area contributed by atoms with Crippen molar-refractivity contribution in [1.29, 1.82) is 0 Å². The van der Waals surface area contributed by atoms with Gasteiger partial charge in [0, 0.05) is 23.9 Å². The average Bonchev–Trinajstić information content (AvgIpc) is 2.55. The van der Waals surface area contributed by atoms with E-state index >= 15 is 0 Å². The first kappa shape index (κ1) is 14.2. The fraction of sp³-hybridized carbons (Fsp3) is 0.250. The zero-order valence-corrected chi connectivity index (χ0v) is 11.9. The van der Waals surface area contributed by atoms with Crippen LogP contribution < -0.4 is 5.32 Å². The molecular weight excluding hydrogens is 282 g/mol. The molecule has 1 amide bonds. The van der Waals surface area contributed by atoms with Gasteiger partial charge in [0.05, 0.1) is 4.92 Å². The van der Waals surface area contributed by atoms with Crippen molar-refractivity contribution in [3.63, 3.8) is 0 Å². The van der Waals surface area contributed by atoms with Gasteiger partial charge in [-0.15, -0.1) is 0 Å². The topological polar surface area (TPSA) is 85.1 Å². The van der Waals surface area contributed by atoms with Crippen molar-refractivity contribution in [2.45, 2.75) is 25.7 Å². The van der Waals surface area contributed by atoms with Crippen LogP contribution in [0.2, 0.25) is 0 Å². The molecule has 0 bridgehead atoms. The molecule has 1 heterocycles. The van der Waals surface area contributed by atoms with Gasteiger partial charge >= 0.3 is 0 Å². The number of benzene rings is 1. The molecule has 0 fully saturated rings. The number of aromatic nitrogens is 1. The van der Waals surface area contributed by atoms with Gasteiger partial charge in [0.25, 0.3) is 11.6 Å². The van der Waals surface area contributed by atoms with Gasteiger partial charge in [0.2, 0.25) is 0 Å². The quantitative estimate of drug-likeness (QED) is 0.696. The maximum absolute atomic E-state index is 12.3. The summed E-state index contributed by atoms with van der Waals surface area (Å²) < 4.78 is 0. The number of rotatable bonds is 3. The molecule has 112 valence electrons. The van der Waals surface area contributed by atoms with E-state index < -0.39 is 4.92 Å². The number of carbonyl (C=O) groups excluding carboxylic acids is 1. The second kappa shape index (κ2) is 5.93. The highest BCUT2D eigenvalue weighted by Gasteiger charge is 2.16. The molecule has 0 atom stereocenters. The minimum absolute atomic E-state index is 0.0354. The third-order valence-corrected chi connectivity index (χ3v) is 3.85. The molecule has 3 rings (SSSR count). The molecule has 1 aromatic heterocycles. The van der Waals surface area contributed by atoms with Crippen molar-refractivity contribution < 1.29 is 9.72 Å². The summed E-state index contributed by atoms with van der Waals surface area (Å²) in [5, 5.41) is 13.4. The van der Waals surface area contributed by atoms with Crippen molar-refractivity contribution in [3.05, 3.63) is 63.3 Å². The molecule has 0 saturated heterocycles. The maximum atomic E-state index is 12.3. The van der Waals surface area contributed by atoms with Crippen molar-refractivity contribution in [2.75, 3.05) is 5.32 Å². The molecule has 0 spiro atoms. The summed E-state index contributed by atoms with van der Waals surface area (Å²) in [7, 11) is 0. The second-order valence-electron chi connectivity index (χ2n) is 5.26. The Kier molecular flexibility index (Phi) is 3.82. The highest BCUT2D eigenvalue weighted by atomic mass is 16.6. The third kappa shape index (κ3) is 2.81. The lowest BCUT2D eigenvalue weighted by Crippen LogP contribution is -2.16. The van der Waals surface area contributed by atoms with Crippen molar-refractivity contribution in [3.8, 4) is 0 Å². The van der Waals surface area contributed by atoms with Crippen LogP contribution in [0.4, 0.5) is 11.5 Å². The van der Waals surface area contributed by atoms with E-state index in [0.29, 0.717) is 11.4 Å². The van der Waals surface area contributed by atoms with E-state index in [-0.39, 0.29) is 11.6 Å². The predicted octanol–water partition coefficient (Wildman–Crippen LogP) is 3.12. The van der Waals surface area contributed by atoms with E-state index in [0.717, 1.165) is 31.2 Å². The van der Waals surface area contributed by atoms with Gasteiger partial charge in [0.1, 0.15) is 5.82 Å². The lowest BCUT2D eigenvalue weighted by Gasteiger charge is -2.18. The van der Waals surface area contributed by atoms with E-state index in [9.17, 15) is 14.9 Å². The molecule has 22 heavy (non-hydrogen) atoms. The lowest BCUT2D eigenvalue weighted by molar-refractivity contribution is -0.384. The molecule has 0 saturated carbocycles. The predicted molar refractivity (Wildman–Crippen MR) is 81.9 cm³/mol. The number of fused-ring (bicyclic) bond motifs is 1. The molecule has 1 aromatic carbocycles. The number of carbonyl (C=O) groups is 1. The highest BCUT2D eigenvalue weighted by Crippen LogP contribution is 2.26. The number of nitrogens with zero attached hydrogens (tertiary/aromatic N) is 2.